The van der Waals surface area contributed by atoms with Gasteiger partial charge >= 0.3 is 0 Å². The Kier molecular flexibility index (Phi) is 10.3. The van der Waals surface area contributed by atoms with Crippen LogP contribution in [0.1, 0.15) is 46.3 Å². The van der Waals surface area contributed by atoms with E-state index in [4.69, 9.17) is 19.7 Å². The van der Waals surface area contributed by atoms with E-state index < -0.39 is 0 Å². The summed E-state index contributed by atoms with van der Waals surface area (Å²) in [7, 11) is 0. The zero-order valence-corrected chi connectivity index (χ0v) is 37.7. The first-order chi connectivity index (χ1) is 34.1. The van der Waals surface area contributed by atoms with Crippen molar-refractivity contribution in [3.05, 3.63) is 269 Å². The van der Waals surface area contributed by atoms with Crippen molar-refractivity contribution >= 4 is 44.4 Å². The molecule has 8 aromatic carbocycles. The Bertz CT molecular complexity index is 3600. The molecule has 332 valence electrons. The van der Waals surface area contributed by atoms with Crippen LogP contribution >= 0.6 is 0 Å². The number of fused-ring (bicyclic) bond motifs is 5. The number of amidine groups is 2. The van der Waals surface area contributed by atoms with Crippen LogP contribution in [-0.2, 0) is 0 Å². The smallest absolute Gasteiger partial charge is 0.136 e. The number of rotatable bonds is 8. The molecule has 0 spiro atoms. The van der Waals surface area contributed by atoms with E-state index in [0.29, 0.717) is 5.92 Å². The van der Waals surface area contributed by atoms with Gasteiger partial charge in [-0.15, -0.1) is 0 Å². The zero-order chi connectivity index (χ0) is 45.7. The largest absolute Gasteiger partial charge is 0.456 e. The fraction of sp³-hybridized carbons (Fsp3) is 0.0968. The molecule has 2 aliphatic heterocycles. The molecular weight excluding hydrogens is 845 g/mol. The number of nitrogens with one attached hydrogen (secondary N) is 3. The normalized spacial score (nSPS) is 21.8. The number of aliphatic imine (C=N–C) groups is 2. The quantitative estimate of drug-likeness (QED) is 0.142. The molecule has 3 N–H and O–H groups in total. The molecule has 2 aliphatic carbocycles. The number of para-hydroxylation sites is 1. The second-order valence-electron chi connectivity index (χ2n) is 18.2. The van der Waals surface area contributed by atoms with E-state index in [1.54, 1.807) is 0 Å². The Labute approximate surface area is 401 Å². The molecule has 1 aromatic heterocycles. The molecule has 69 heavy (non-hydrogen) atoms. The van der Waals surface area contributed by atoms with Crippen LogP contribution in [0.15, 0.2) is 251 Å². The van der Waals surface area contributed by atoms with Gasteiger partial charge in [0.1, 0.15) is 29.3 Å². The topological polar surface area (TPSA) is 88.1 Å². The molecular formula is C62H47N6O-. The average Bonchev–Trinajstić information content (AvgIpc) is 3.81. The van der Waals surface area contributed by atoms with E-state index in [0.717, 1.165) is 83.7 Å². The first-order valence-corrected chi connectivity index (χ1v) is 23.8. The summed E-state index contributed by atoms with van der Waals surface area (Å²) in [6.07, 6.45) is 14.6. The van der Waals surface area contributed by atoms with Gasteiger partial charge in [-0.2, -0.15) is 0 Å². The van der Waals surface area contributed by atoms with E-state index in [1.165, 1.54) is 16.3 Å². The second-order valence-corrected chi connectivity index (χ2v) is 18.2. The average molecular weight is 892 g/mol. The van der Waals surface area contributed by atoms with Crippen LogP contribution in [0.25, 0.3) is 60.3 Å². The number of benzene rings is 8. The van der Waals surface area contributed by atoms with Crippen LogP contribution < -0.4 is 16.0 Å². The molecule has 0 saturated heterocycles. The van der Waals surface area contributed by atoms with Crippen molar-refractivity contribution in [2.75, 3.05) is 0 Å². The first kappa shape index (κ1) is 40.9. The van der Waals surface area contributed by atoms with Crippen LogP contribution in [0.3, 0.4) is 0 Å². The predicted octanol–water partition coefficient (Wildman–Crippen LogP) is 14.0. The van der Waals surface area contributed by atoms with Gasteiger partial charge < -0.3 is 25.4 Å². The van der Waals surface area contributed by atoms with Crippen LogP contribution in [-0.4, -0.2) is 17.8 Å². The molecule has 6 unspecified atom stereocenters. The standard InChI is InChI=1S/C62H47N6O/c1-3-17-42(18-4-1)57-63-58(43-19-5-2-6-20-43)65-59(64-57)44-32-29-40(30-33-44)49-37-53(56-52-26-11-12-28-54(52)69-55(56)38-49)46-23-13-24-47(36-46)60-66-61(48-34-31-39-15-7-8-21-45(39)35-48)68-62(67-60)51-27-14-22-41-16-9-10-25-50(41)51/h1-38,41,50,57,59,61-62,64,68H,(H-,63,65,66,67)/q-1. The second kappa shape index (κ2) is 17.4. The molecule has 4 aliphatic rings. The van der Waals surface area contributed by atoms with Crippen molar-refractivity contribution in [2.45, 2.75) is 24.7 Å². The number of hydrogen-bond donors (Lipinski definition) is 3. The number of hydrogen-bond acceptors (Lipinski definition) is 6. The van der Waals surface area contributed by atoms with Crippen LogP contribution in [0.4, 0.5) is 0 Å². The van der Waals surface area contributed by atoms with Crippen LogP contribution in [0.2, 0.25) is 0 Å². The molecule has 0 radical (unpaired) electrons. The highest BCUT2D eigenvalue weighted by Gasteiger charge is 2.30. The number of allylic oxidation sites excluding steroid dienone is 7. The molecule has 0 saturated carbocycles. The maximum absolute atomic E-state index is 6.66. The van der Waals surface area contributed by atoms with E-state index >= 15 is 0 Å². The predicted molar refractivity (Wildman–Crippen MR) is 282 cm³/mol. The summed E-state index contributed by atoms with van der Waals surface area (Å²) in [5.41, 5.74) is 12.6. The molecule has 3 heterocycles. The lowest BCUT2D eigenvalue weighted by Crippen LogP contribution is -2.44. The highest BCUT2D eigenvalue weighted by atomic mass is 16.3. The number of nitrogens with zero attached hydrogens (tertiary/aromatic N) is 3. The van der Waals surface area contributed by atoms with Gasteiger partial charge in [0.05, 0.1) is 0 Å². The van der Waals surface area contributed by atoms with Gasteiger partial charge in [0.25, 0.3) is 0 Å². The fourth-order valence-corrected chi connectivity index (χ4v) is 10.4. The Morgan fingerprint density at radius 3 is 2.09 bits per heavy atom. The van der Waals surface area contributed by atoms with E-state index in [9.17, 15) is 0 Å². The summed E-state index contributed by atoms with van der Waals surface area (Å²) in [6.45, 7) is 0. The van der Waals surface area contributed by atoms with E-state index in [-0.39, 0.29) is 30.6 Å². The van der Waals surface area contributed by atoms with Crippen molar-refractivity contribution in [1.29, 1.82) is 0 Å². The lowest BCUT2D eigenvalue weighted by atomic mass is 9.78. The van der Waals surface area contributed by atoms with Gasteiger partial charge in [-0.1, -0.05) is 206 Å². The molecule has 9 aromatic rings. The summed E-state index contributed by atoms with van der Waals surface area (Å²) in [5, 5.41) is 21.3. The fourth-order valence-electron chi connectivity index (χ4n) is 10.4. The van der Waals surface area contributed by atoms with Crippen molar-refractivity contribution in [3.63, 3.8) is 0 Å². The summed E-state index contributed by atoms with van der Waals surface area (Å²) in [4.78, 5) is 10.5. The highest BCUT2D eigenvalue weighted by molar-refractivity contribution is 6.15. The third-order valence-corrected chi connectivity index (χ3v) is 13.9. The van der Waals surface area contributed by atoms with E-state index in [2.05, 4.69) is 228 Å². The molecule has 0 amide bonds. The Morgan fingerprint density at radius 2 is 1.20 bits per heavy atom. The Hall–Kier alpha value is -8.36. The Balaban J connectivity index is 0.875. The van der Waals surface area contributed by atoms with Gasteiger partial charge in [0, 0.05) is 40.5 Å². The molecule has 0 bridgehead atoms. The maximum atomic E-state index is 6.66. The third-order valence-electron chi connectivity index (χ3n) is 13.9. The summed E-state index contributed by atoms with van der Waals surface area (Å²) in [6, 6.07) is 66.3. The summed E-state index contributed by atoms with van der Waals surface area (Å²) >= 11 is 0. The van der Waals surface area contributed by atoms with Crippen molar-refractivity contribution in [2.24, 2.45) is 21.8 Å². The van der Waals surface area contributed by atoms with Crippen molar-refractivity contribution in [3.8, 4) is 22.3 Å². The summed E-state index contributed by atoms with van der Waals surface area (Å²) in [5.74, 6) is 2.09. The monoisotopic (exact) mass is 891 g/mol. The molecule has 13 rings (SSSR count). The minimum absolute atomic E-state index is 0.167. The minimum atomic E-state index is -0.305. The molecule has 7 nitrogen and oxygen atoms in total. The molecule has 7 heteroatoms. The lowest BCUT2D eigenvalue weighted by molar-refractivity contribution is 0.409. The zero-order valence-electron chi connectivity index (χ0n) is 37.7. The highest BCUT2D eigenvalue weighted by Crippen LogP contribution is 2.42. The van der Waals surface area contributed by atoms with Gasteiger partial charge in [0.2, 0.25) is 0 Å². The SMILES string of the molecule is C1=CC2C=CC=C(C3[N-]C(c4cccc(-c5cc(-c6ccc(C7NC(c8ccccc8)=NC(c8ccccc8)N7)cc6)cc6oc7ccccc7c56)c4)=NC(c4ccc5ccccc5c4)N3)C2C=C1. The van der Waals surface area contributed by atoms with Gasteiger partial charge in [-0.25, -0.2) is 4.99 Å². The van der Waals surface area contributed by atoms with Gasteiger partial charge in [-0.3, -0.25) is 5.32 Å². The summed E-state index contributed by atoms with van der Waals surface area (Å²) < 4.78 is 6.66. The van der Waals surface area contributed by atoms with Crippen molar-refractivity contribution < 1.29 is 4.42 Å². The maximum Gasteiger partial charge on any atom is 0.136 e. The van der Waals surface area contributed by atoms with Crippen LogP contribution in [0, 0.1) is 11.8 Å². The van der Waals surface area contributed by atoms with Gasteiger partial charge in [0.15, 0.2) is 0 Å². The lowest BCUT2D eigenvalue weighted by Gasteiger charge is -2.44. The first-order valence-electron chi connectivity index (χ1n) is 23.8. The third kappa shape index (κ3) is 7.78. The van der Waals surface area contributed by atoms with Crippen LogP contribution in [0.5, 0.6) is 0 Å². The minimum Gasteiger partial charge on any atom is -0.456 e. The molecule has 0 fully saturated rings. The van der Waals surface area contributed by atoms with Crippen molar-refractivity contribution in [1.82, 2.24) is 16.0 Å². The van der Waals surface area contributed by atoms with E-state index in [1.807, 2.05) is 18.2 Å². The number of furan rings is 1. The Morgan fingerprint density at radius 1 is 0.478 bits per heavy atom. The molecule has 6 atom stereocenters. The van der Waals surface area contributed by atoms with Gasteiger partial charge in [-0.05, 0) is 91.2 Å².